The van der Waals surface area contributed by atoms with Gasteiger partial charge in [-0.25, -0.2) is 0 Å². The van der Waals surface area contributed by atoms with E-state index in [2.05, 4.69) is 16.0 Å². The average Bonchev–Trinajstić information content (AvgIpc) is 2.83. The number of piperazine rings is 1. The number of rotatable bonds is 8. The Kier molecular flexibility index (Phi) is 11.8. The highest BCUT2D eigenvalue weighted by Gasteiger charge is 2.27. The molecule has 0 bridgehead atoms. The Labute approximate surface area is 207 Å². The van der Waals surface area contributed by atoms with Gasteiger partial charge >= 0.3 is 0 Å². The molecule has 0 N–H and O–H groups in total. The molecule has 1 fully saturated rings. The number of benzene rings is 1. The molecule has 10 heteroatoms. The summed E-state index contributed by atoms with van der Waals surface area (Å²) in [7, 11) is 4.71. The molecule has 33 heavy (non-hydrogen) atoms. The van der Waals surface area contributed by atoms with Crippen LogP contribution in [0.5, 0.6) is 17.2 Å². The Hall–Kier alpha value is -2.73. The molecule has 2 aromatic rings. The minimum absolute atomic E-state index is 0. The number of pyridine rings is 1. The second kappa shape index (κ2) is 13.7. The van der Waals surface area contributed by atoms with Crippen molar-refractivity contribution >= 4 is 30.7 Å². The molecule has 0 radical (unpaired) electrons. The van der Waals surface area contributed by atoms with Crippen molar-refractivity contribution in [3.05, 3.63) is 47.8 Å². The van der Waals surface area contributed by atoms with Gasteiger partial charge in [-0.15, -0.1) is 24.8 Å². The van der Waals surface area contributed by atoms with Crippen molar-refractivity contribution in [3.63, 3.8) is 0 Å². The van der Waals surface area contributed by atoms with Crippen LogP contribution in [0.2, 0.25) is 0 Å². The smallest absolute Gasteiger partial charge is 0.222 e. The summed E-state index contributed by atoms with van der Waals surface area (Å²) in [5, 5.41) is 9.61. The lowest BCUT2D eigenvalue weighted by atomic mass is 10.1. The molecular weight excluding hydrogens is 467 g/mol. The number of aromatic nitrogens is 1. The molecule has 1 atom stereocenters. The largest absolute Gasteiger partial charge is 0.493 e. The number of amides is 1. The van der Waals surface area contributed by atoms with Gasteiger partial charge in [-0.2, -0.15) is 5.26 Å². The average molecular weight is 497 g/mol. The van der Waals surface area contributed by atoms with Crippen LogP contribution in [0, 0.1) is 11.3 Å². The molecule has 180 valence electrons. The molecule has 1 unspecified atom stereocenters. The minimum atomic E-state index is -0.342. The predicted octanol–water partition coefficient (Wildman–Crippen LogP) is 3.29. The van der Waals surface area contributed by atoms with E-state index in [4.69, 9.17) is 14.2 Å². The van der Waals surface area contributed by atoms with E-state index in [-0.39, 0.29) is 36.8 Å². The Balaban J connectivity index is 0.00000272. The van der Waals surface area contributed by atoms with Crippen LogP contribution in [0.25, 0.3) is 0 Å². The van der Waals surface area contributed by atoms with Gasteiger partial charge in [0, 0.05) is 50.6 Å². The number of aryl methyl sites for hydroxylation is 1. The fourth-order valence-electron chi connectivity index (χ4n) is 3.82. The van der Waals surface area contributed by atoms with Crippen LogP contribution in [0.1, 0.15) is 23.6 Å². The third kappa shape index (κ3) is 6.87. The summed E-state index contributed by atoms with van der Waals surface area (Å²) in [6, 6.07) is 9.51. The van der Waals surface area contributed by atoms with E-state index in [1.54, 1.807) is 33.7 Å². The highest BCUT2D eigenvalue weighted by Crippen LogP contribution is 2.38. The molecule has 2 heterocycles. The van der Waals surface area contributed by atoms with Gasteiger partial charge in [0.05, 0.1) is 27.4 Å². The molecular formula is C23H30Cl2N4O4. The summed E-state index contributed by atoms with van der Waals surface area (Å²) in [4.78, 5) is 20.8. The summed E-state index contributed by atoms with van der Waals surface area (Å²) in [5.41, 5.74) is 1.83. The van der Waals surface area contributed by atoms with Gasteiger partial charge in [0.15, 0.2) is 11.5 Å². The van der Waals surface area contributed by atoms with E-state index in [1.807, 2.05) is 29.2 Å². The van der Waals surface area contributed by atoms with Gasteiger partial charge in [0.1, 0.15) is 6.04 Å². The number of hydrogen-bond acceptors (Lipinski definition) is 7. The van der Waals surface area contributed by atoms with Crippen molar-refractivity contribution in [3.8, 4) is 23.3 Å². The molecule has 1 amide bonds. The topological polar surface area (TPSA) is 87.9 Å². The lowest BCUT2D eigenvalue weighted by Gasteiger charge is -2.37. The van der Waals surface area contributed by atoms with E-state index in [1.165, 1.54) is 0 Å². The monoisotopic (exact) mass is 496 g/mol. The third-order valence-corrected chi connectivity index (χ3v) is 5.51. The predicted molar refractivity (Wildman–Crippen MR) is 130 cm³/mol. The maximum atomic E-state index is 12.8. The van der Waals surface area contributed by atoms with Crippen LogP contribution in [0.15, 0.2) is 36.7 Å². The number of methoxy groups -OCH3 is 3. The van der Waals surface area contributed by atoms with Crippen molar-refractivity contribution < 1.29 is 19.0 Å². The van der Waals surface area contributed by atoms with Crippen LogP contribution in [-0.2, 0) is 11.2 Å². The number of nitrogens with zero attached hydrogens (tertiary/aromatic N) is 4. The highest BCUT2D eigenvalue weighted by molar-refractivity contribution is 5.85. The van der Waals surface area contributed by atoms with Gasteiger partial charge < -0.3 is 19.1 Å². The van der Waals surface area contributed by atoms with Crippen LogP contribution in [0.3, 0.4) is 0 Å². The maximum Gasteiger partial charge on any atom is 0.222 e. The Morgan fingerprint density at radius 3 is 2.21 bits per heavy atom. The fourth-order valence-corrected chi connectivity index (χ4v) is 3.82. The van der Waals surface area contributed by atoms with E-state index in [0.29, 0.717) is 56.3 Å². The molecule has 8 nitrogen and oxygen atoms in total. The van der Waals surface area contributed by atoms with Crippen LogP contribution < -0.4 is 14.2 Å². The molecule has 0 saturated carbocycles. The molecule has 1 aliphatic heterocycles. The number of hydrogen-bond donors (Lipinski definition) is 0. The van der Waals surface area contributed by atoms with Crippen molar-refractivity contribution in [1.29, 1.82) is 5.26 Å². The van der Waals surface area contributed by atoms with Crippen molar-refractivity contribution in [2.24, 2.45) is 0 Å². The fraction of sp³-hybridized carbons (Fsp3) is 0.435. The first-order valence-electron chi connectivity index (χ1n) is 10.2. The van der Waals surface area contributed by atoms with Crippen molar-refractivity contribution in [2.75, 3.05) is 47.5 Å². The van der Waals surface area contributed by atoms with Crippen molar-refractivity contribution in [2.45, 2.75) is 18.9 Å². The number of carbonyl (C=O) groups is 1. The van der Waals surface area contributed by atoms with Crippen LogP contribution in [0.4, 0.5) is 0 Å². The van der Waals surface area contributed by atoms with Gasteiger partial charge in [-0.3, -0.25) is 14.7 Å². The normalized spacial score (nSPS) is 14.2. The second-order valence-electron chi connectivity index (χ2n) is 7.27. The Bertz CT molecular complexity index is 907. The lowest BCUT2D eigenvalue weighted by Crippen LogP contribution is -2.49. The molecule has 0 spiro atoms. The van der Waals surface area contributed by atoms with Crippen LogP contribution >= 0.6 is 24.8 Å². The lowest BCUT2D eigenvalue weighted by molar-refractivity contribution is -0.133. The van der Waals surface area contributed by atoms with Crippen LogP contribution in [-0.4, -0.2) is 68.2 Å². The van der Waals surface area contributed by atoms with Gasteiger partial charge in [-0.05, 0) is 30.2 Å². The molecule has 1 saturated heterocycles. The third-order valence-electron chi connectivity index (χ3n) is 5.51. The highest BCUT2D eigenvalue weighted by atomic mass is 35.5. The zero-order chi connectivity index (χ0) is 22.2. The molecule has 1 aromatic heterocycles. The SMILES string of the molecule is COc1cc(CCC(=O)N2CCN(C(C#N)c3cccnc3)CC2)cc(OC)c1OC.Cl.Cl. The van der Waals surface area contributed by atoms with Gasteiger partial charge in [-0.1, -0.05) is 6.07 Å². The van der Waals surface area contributed by atoms with Gasteiger partial charge in [0.25, 0.3) is 0 Å². The summed E-state index contributed by atoms with van der Waals surface area (Å²) in [5.74, 6) is 1.80. The quantitative estimate of drug-likeness (QED) is 0.553. The number of nitriles is 1. The standard InChI is InChI=1S/C23H28N4O4.2ClH/c1-29-20-13-17(14-21(30-2)23(20)31-3)6-7-22(28)27-11-9-26(10-12-27)19(15-24)18-5-4-8-25-16-18;;/h4-5,8,13-14,16,19H,6-7,9-12H2,1-3H3;2*1H. The zero-order valence-corrected chi connectivity index (χ0v) is 20.7. The zero-order valence-electron chi connectivity index (χ0n) is 19.0. The summed E-state index contributed by atoms with van der Waals surface area (Å²) >= 11 is 0. The molecule has 0 aliphatic carbocycles. The second-order valence-corrected chi connectivity index (χ2v) is 7.27. The van der Waals surface area contributed by atoms with Gasteiger partial charge in [0.2, 0.25) is 11.7 Å². The Morgan fingerprint density at radius 1 is 1.09 bits per heavy atom. The van der Waals surface area contributed by atoms with E-state index in [9.17, 15) is 10.1 Å². The summed E-state index contributed by atoms with van der Waals surface area (Å²) < 4.78 is 16.1. The first-order chi connectivity index (χ1) is 15.1. The minimum Gasteiger partial charge on any atom is -0.493 e. The molecule has 3 rings (SSSR count). The van der Waals surface area contributed by atoms with E-state index in [0.717, 1.165) is 11.1 Å². The Morgan fingerprint density at radius 2 is 1.73 bits per heavy atom. The van der Waals surface area contributed by atoms with E-state index < -0.39 is 0 Å². The summed E-state index contributed by atoms with van der Waals surface area (Å²) in [6.07, 6.45) is 4.39. The molecule has 1 aliphatic rings. The van der Waals surface area contributed by atoms with Crippen molar-refractivity contribution in [1.82, 2.24) is 14.8 Å². The van der Waals surface area contributed by atoms with E-state index >= 15 is 0 Å². The number of carbonyl (C=O) groups excluding carboxylic acids is 1. The molecule has 1 aromatic carbocycles. The summed E-state index contributed by atoms with van der Waals surface area (Å²) in [6.45, 7) is 2.52. The maximum absolute atomic E-state index is 12.8. The first kappa shape index (κ1) is 28.3. The number of ether oxygens (including phenoxy) is 3. The first-order valence-corrected chi connectivity index (χ1v) is 10.2. The number of halogens is 2.